The molecule has 2 aromatic heterocycles. The zero-order chi connectivity index (χ0) is 13.9. The molecule has 0 amide bonds. The number of nitrogens with one attached hydrogen (secondary N) is 1. The lowest BCUT2D eigenvalue weighted by Gasteiger charge is -2.12. The Bertz CT molecular complexity index is 591. The number of hydrogen-bond acceptors (Lipinski definition) is 4. The van der Waals surface area contributed by atoms with Crippen molar-refractivity contribution < 1.29 is 0 Å². The fraction of sp³-hybridized carbons (Fsp3) is 0.467. The van der Waals surface area contributed by atoms with Crippen molar-refractivity contribution >= 4 is 28.8 Å². The van der Waals surface area contributed by atoms with Crippen LogP contribution in [0, 0.1) is 0 Å². The molecule has 3 rings (SSSR count). The number of nitrogens with zero attached hydrogens (tertiary/aromatic N) is 2. The van der Waals surface area contributed by atoms with Crippen molar-refractivity contribution in [2.75, 3.05) is 11.9 Å². The summed E-state index contributed by atoms with van der Waals surface area (Å²) in [5, 5.41) is 3.31. The quantitative estimate of drug-likeness (QED) is 0.868. The van der Waals surface area contributed by atoms with Crippen LogP contribution in [0.3, 0.4) is 0 Å². The van der Waals surface area contributed by atoms with Crippen molar-refractivity contribution in [1.29, 1.82) is 0 Å². The largest absolute Gasteiger partial charge is 0.370 e. The maximum Gasteiger partial charge on any atom is 0.171 e. The summed E-state index contributed by atoms with van der Waals surface area (Å²) in [7, 11) is 0. The van der Waals surface area contributed by atoms with Crippen LogP contribution in [0.25, 0.3) is 10.7 Å². The zero-order valence-corrected chi connectivity index (χ0v) is 13.1. The van der Waals surface area contributed by atoms with E-state index in [-0.39, 0.29) is 0 Å². The molecule has 0 unspecified atom stereocenters. The third-order valence-corrected chi connectivity index (χ3v) is 4.90. The normalized spacial score (nSPS) is 15.7. The van der Waals surface area contributed by atoms with Gasteiger partial charge in [-0.3, -0.25) is 0 Å². The van der Waals surface area contributed by atoms with Crippen LogP contribution in [0.15, 0.2) is 18.2 Å². The SMILES string of the molecule is CCNc1cc(C2CCCC2)nc(-c2ccc(Cl)s2)n1. The topological polar surface area (TPSA) is 37.8 Å². The molecular formula is C15H18ClN3S. The predicted molar refractivity (Wildman–Crippen MR) is 85.7 cm³/mol. The summed E-state index contributed by atoms with van der Waals surface area (Å²) in [6.45, 7) is 2.95. The Labute approximate surface area is 128 Å². The summed E-state index contributed by atoms with van der Waals surface area (Å²) in [6, 6.07) is 6.01. The molecule has 0 atom stereocenters. The van der Waals surface area contributed by atoms with Crippen molar-refractivity contribution in [3.63, 3.8) is 0 Å². The highest BCUT2D eigenvalue weighted by Gasteiger charge is 2.20. The lowest BCUT2D eigenvalue weighted by Crippen LogP contribution is -2.05. The summed E-state index contributed by atoms with van der Waals surface area (Å²) in [5.41, 5.74) is 1.17. The lowest BCUT2D eigenvalue weighted by atomic mass is 10.0. The minimum absolute atomic E-state index is 0.588. The number of anilines is 1. The molecular weight excluding hydrogens is 290 g/mol. The maximum absolute atomic E-state index is 6.03. The summed E-state index contributed by atoms with van der Waals surface area (Å²) in [5.74, 6) is 2.30. The van der Waals surface area contributed by atoms with Gasteiger partial charge in [0.1, 0.15) is 5.82 Å². The van der Waals surface area contributed by atoms with Crippen LogP contribution < -0.4 is 5.32 Å². The van der Waals surface area contributed by atoms with Crippen LogP contribution in [0.1, 0.15) is 44.2 Å². The van der Waals surface area contributed by atoms with Crippen LogP contribution >= 0.6 is 22.9 Å². The van der Waals surface area contributed by atoms with Gasteiger partial charge in [-0.15, -0.1) is 11.3 Å². The number of rotatable bonds is 4. The third kappa shape index (κ3) is 2.96. The minimum Gasteiger partial charge on any atom is -0.370 e. The average Bonchev–Trinajstić information content (AvgIpc) is 3.09. The lowest BCUT2D eigenvalue weighted by molar-refractivity contribution is 0.696. The predicted octanol–water partition coefficient (Wildman–Crippen LogP) is 4.95. The molecule has 1 aliphatic carbocycles. The molecule has 1 N–H and O–H groups in total. The first-order chi connectivity index (χ1) is 9.76. The Kier molecular flexibility index (Phi) is 4.22. The van der Waals surface area contributed by atoms with Crippen molar-refractivity contribution in [2.24, 2.45) is 0 Å². The molecule has 0 aliphatic heterocycles. The second-order valence-electron chi connectivity index (χ2n) is 5.12. The van der Waals surface area contributed by atoms with Gasteiger partial charge in [-0.1, -0.05) is 24.4 Å². The standard InChI is InChI=1S/C15H18ClN3S/c1-2-17-14-9-11(10-5-3-4-6-10)18-15(19-14)12-7-8-13(16)20-12/h7-10H,2-6H2,1H3,(H,17,18,19). The van der Waals surface area contributed by atoms with Gasteiger partial charge in [0.2, 0.25) is 0 Å². The molecule has 2 heterocycles. The molecule has 106 valence electrons. The minimum atomic E-state index is 0.588. The van der Waals surface area contributed by atoms with E-state index in [4.69, 9.17) is 16.6 Å². The van der Waals surface area contributed by atoms with Crippen LogP contribution in [-0.2, 0) is 0 Å². The molecule has 1 aliphatic rings. The van der Waals surface area contributed by atoms with Gasteiger partial charge in [0.25, 0.3) is 0 Å². The van der Waals surface area contributed by atoms with E-state index in [0.717, 1.165) is 27.4 Å². The van der Waals surface area contributed by atoms with Gasteiger partial charge in [-0.05, 0) is 31.9 Å². The molecule has 0 aromatic carbocycles. The smallest absolute Gasteiger partial charge is 0.171 e. The van der Waals surface area contributed by atoms with E-state index in [1.165, 1.54) is 42.7 Å². The van der Waals surface area contributed by atoms with Gasteiger partial charge < -0.3 is 5.32 Å². The van der Waals surface area contributed by atoms with Gasteiger partial charge >= 0.3 is 0 Å². The monoisotopic (exact) mass is 307 g/mol. The van der Waals surface area contributed by atoms with Crippen molar-refractivity contribution in [3.05, 3.63) is 28.2 Å². The zero-order valence-electron chi connectivity index (χ0n) is 11.5. The van der Waals surface area contributed by atoms with Crippen molar-refractivity contribution in [2.45, 2.75) is 38.5 Å². The summed E-state index contributed by atoms with van der Waals surface area (Å²) in [6.07, 6.45) is 5.11. The Morgan fingerprint density at radius 3 is 2.75 bits per heavy atom. The fourth-order valence-corrected chi connectivity index (χ4v) is 3.69. The first-order valence-corrected chi connectivity index (χ1v) is 8.34. The molecule has 0 saturated heterocycles. The summed E-state index contributed by atoms with van der Waals surface area (Å²) in [4.78, 5) is 10.4. The molecule has 0 spiro atoms. The second-order valence-corrected chi connectivity index (χ2v) is 6.83. The molecule has 1 fully saturated rings. The van der Waals surface area contributed by atoms with Gasteiger partial charge in [-0.2, -0.15) is 0 Å². The van der Waals surface area contributed by atoms with E-state index >= 15 is 0 Å². The van der Waals surface area contributed by atoms with Gasteiger partial charge in [0, 0.05) is 24.2 Å². The molecule has 0 bridgehead atoms. The molecule has 20 heavy (non-hydrogen) atoms. The molecule has 5 heteroatoms. The molecule has 0 radical (unpaired) electrons. The van der Waals surface area contributed by atoms with Crippen molar-refractivity contribution in [3.8, 4) is 10.7 Å². The highest BCUT2D eigenvalue weighted by molar-refractivity contribution is 7.19. The number of aromatic nitrogens is 2. The van der Waals surface area contributed by atoms with E-state index in [1.807, 2.05) is 12.1 Å². The average molecular weight is 308 g/mol. The van der Waals surface area contributed by atoms with E-state index in [2.05, 4.69) is 23.3 Å². The Hall–Kier alpha value is -1.13. The van der Waals surface area contributed by atoms with Crippen LogP contribution in [0.2, 0.25) is 4.34 Å². The highest BCUT2D eigenvalue weighted by atomic mass is 35.5. The Morgan fingerprint density at radius 1 is 1.30 bits per heavy atom. The van der Waals surface area contributed by atoms with Crippen LogP contribution in [-0.4, -0.2) is 16.5 Å². The Morgan fingerprint density at radius 2 is 2.10 bits per heavy atom. The van der Waals surface area contributed by atoms with Gasteiger partial charge in [-0.25, -0.2) is 9.97 Å². The number of halogens is 1. The Balaban J connectivity index is 1.99. The summed E-state index contributed by atoms with van der Waals surface area (Å²) >= 11 is 7.56. The number of hydrogen-bond donors (Lipinski definition) is 1. The second kappa shape index (κ2) is 6.10. The van der Waals surface area contributed by atoms with E-state index in [9.17, 15) is 0 Å². The highest BCUT2D eigenvalue weighted by Crippen LogP contribution is 2.36. The summed E-state index contributed by atoms with van der Waals surface area (Å²) < 4.78 is 0.778. The number of thiophene rings is 1. The molecule has 1 saturated carbocycles. The van der Waals surface area contributed by atoms with E-state index in [0.29, 0.717) is 5.92 Å². The van der Waals surface area contributed by atoms with Crippen molar-refractivity contribution in [1.82, 2.24) is 9.97 Å². The van der Waals surface area contributed by atoms with Crippen LogP contribution in [0.5, 0.6) is 0 Å². The fourth-order valence-electron chi connectivity index (χ4n) is 2.71. The van der Waals surface area contributed by atoms with Gasteiger partial charge in [0.05, 0.1) is 9.21 Å². The van der Waals surface area contributed by atoms with Crippen LogP contribution in [0.4, 0.5) is 5.82 Å². The van der Waals surface area contributed by atoms with E-state index < -0.39 is 0 Å². The first kappa shape index (κ1) is 13.8. The molecule has 2 aromatic rings. The van der Waals surface area contributed by atoms with E-state index in [1.54, 1.807) is 0 Å². The molecule has 3 nitrogen and oxygen atoms in total. The maximum atomic E-state index is 6.03. The van der Waals surface area contributed by atoms with Gasteiger partial charge in [0.15, 0.2) is 5.82 Å². The first-order valence-electron chi connectivity index (χ1n) is 7.15. The third-order valence-electron chi connectivity index (χ3n) is 3.67.